The Kier molecular flexibility index (Phi) is 4.66. The molecule has 2 N–H and O–H groups in total. The van der Waals surface area contributed by atoms with Crippen LogP contribution in [0.2, 0.25) is 5.02 Å². The Morgan fingerprint density at radius 1 is 1.07 bits per heavy atom. The fourth-order valence-corrected chi connectivity index (χ4v) is 3.15. The molecule has 0 radical (unpaired) electrons. The van der Waals surface area contributed by atoms with E-state index in [-0.39, 0.29) is 16.2 Å². The molecule has 1 aliphatic rings. The molecule has 2 amide bonds. The molecule has 144 valence electrons. The number of carboxylic acid groups (broad SMARTS) is 1. The van der Waals surface area contributed by atoms with Crippen molar-refractivity contribution in [1.29, 1.82) is 0 Å². The molecule has 1 aliphatic heterocycles. The first kappa shape index (κ1) is 18.5. The van der Waals surface area contributed by atoms with Gasteiger partial charge in [0.1, 0.15) is 17.1 Å². The van der Waals surface area contributed by atoms with Crippen LogP contribution in [0.4, 0.5) is 5.69 Å². The molecule has 8 heteroatoms. The third kappa shape index (κ3) is 3.51. The predicted octanol–water partition coefficient (Wildman–Crippen LogP) is 3.76. The van der Waals surface area contributed by atoms with Crippen LogP contribution < -0.4 is 10.4 Å². The quantitative estimate of drug-likeness (QED) is 0.505. The lowest BCUT2D eigenvalue weighted by Gasteiger charge is -2.13. The number of carbonyl (C=O) groups is 3. The molecule has 7 nitrogen and oxygen atoms in total. The minimum absolute atomic E-state index is 0.0152. The van der Waals surface area contributed by atoms with Gasteiger partial charge in [-0.3, -0.25) is 15.0 Å². The Bertz CT molecular complexity index is 1170. The van der Waals surface area contributed by atoms with Crippen LogP contribution in [0.15, 0.2) is 70.7 Å². The van der Waals surface area contributed by atoms with Gasteiger partial charge in [0.05, 0.1) is 16.3 Å². The maximum atomic E-state index is 12.6. The number of nitrogens with zero attached hydrogens (tertiary/aromatic N) is 1. The van der Waals surface area contributed by atoms with Crippen LogP contribution in [0.5, 0.6) is 0 Å². The molecule has 2 aromatic carbocycles. The summed E-state index contributed by atoms with van der Waals surface area (Å²) in [7, 11) is 0. The first-order valence-electron chi connectivity index (χ1n) is 8.49. The van der Waals surface area contributed by atoms with E-state index in [2.05, 4.69) is 5.43 Å². The number of nitrogens with one attached hydrogen (secondary N) is 1. The summed E-state index contributed by atoms with van der Waals surface area (Å²) in [6.07, 6.45) is 1.36. The number of amides is 2. The van der Waals surface area contributed by atoms with E-state index in [4.69, 9.17) is 21.1 Å². The lowest BCUT2D eigenvalue weighted by atomic mass is 10.1. The minimum atomic E-state index is -1.12. The first-order valence-corrected chi connectivity index (χ1v) is 8.87. The topological polar surface area (TPSA) is 99.9 Å². The Balaban J connectivity index is 1.61. The number of furan rings is 1. The van der Waals surface area contributed by atoms with Gasteiger partial charge in [-0.1, -0.05) is 35.9 Å². The van der Waals surface area contributed by atoms with Crippen LogP contribution >= 0.6 is 11.6 Å². The highest BCUT2D eigenvalue weighted by Crippen LogP contribution is 2.29. The molecule has 1 aromatic heterocycles. The molecule has 0 atom stereocenters. The van der Waals surface area contributed by atoms with Gasteiger partial charge >= 0.3 is 5.97 Å². The smallest absolute Gasteiger partial charge is 0.337 e. The second-order valence-electron chi connectivity index (χ2n) is 6.18. The third-order valence-corrected chi connectivity index (χ3v) is 4.62. The molecule has 0 unspecified atom stereocenters. The molecule has 4 rings (SSSR count). The van der Waals surface area contributed by atoms with Crippen LogP contribution in [0.25, 0.3) is 17.4 Å². The summed E-state index contributed by atoms with van der Waals surface area (Å²) in [5, 5.41) is 10.3. The molecule has 2 heterocycles. The van der Waals surface area contributed by atoms with E-state index >= 15 is 0 Å². The monoisotopic (exact) mass is 408 g/mol. The SMILES string of the molecule is O=C1NN(c2ccccc2)C(=O)/C1=C\c1ccc(-c2ccc(C(=O)O)c(Cl)c2)o1. The number of aromatic carboxylic acids is 1. The van der Waals surface area contributed by atoms with E-state index < -0.39 is 17.8 Å². The van der Waals surface area contributed by atoms with Crippen LogP contribution in [0.3, 0.4) is 0 Å². The van der Waals surface area contributed by atoms with Crippen LogP contribution in [0.1, 0.15) is 16.1 Å². The maximum absolute atomic E-state index is 12.6. The summed E-state index contributed by atoms with van der Waals surface area (Å²) in [5.41, 5.74) is 3.55. The fraction of sp³-hybridized carbons (Fsp3) is 0. The highest BCUT2D eigenvalue weighted by Gasteiger charge is 2.34. The van der Waals surface area contributed by atoms with E-state index in [0.717, 1.165) is 0 Å². The van der Waals surface area contributed by atoms with Gasteiger partial charge in [-0.05, 0) is 42.5 Å². The third-order valence-electron chi connectivity index (χ3n) is 4.30. The van der Waals surface area contributed by atoms with E-state index in [1.54, 1.807) is 42.5 Å². The van der Waals surface area contributed by atoms with Crippen LogP contribution in [-0.4, -0.2) is 22.9 Å². The lowest BCUT2D eigenvalue weighted by molar-refractivity contribution is -0.117. The number of carbonyl (C=O) groups excluding carboxylic acids is 2. The number of hydrogen-bond acceptors (Lipinski definition) is 4. The van der Waals surface area contributed by atoms with Gasteiger partial charge < -0.3 is 9.52 Å². The van der Waals surface area contributed by atoms with E-state index in [1.165, 1.54) is 23.2 Å². The minimum Gasteiger partial charge on any atom is -0.478 e. The molecule has 0 bridgehead atoms. The number of carboxylic acids is 1. The second kappa shape index (κ2) is 7.29. The summed E-state index contributed by atoms with van der Waals surface area (Å²) < 4.78 is 5.69. The van der Waals surface area contributed by atoms with E-state index in [9.17, 15) is 14.4 Å². The summed E-state index contributed by atoms with van der Waals surface area (Å²) in [6.45, 7) is 0. The summed E-state index contributed by atoms with van der Waals surface area (Å²) in [4.78, 5) is 35.9. The molecule has 0 spiro atoms. The molecular weight excluding hydrogens is 396 g/mol. The van der Waals surface area contributed by atoms with Gasteiger partial charge in [-0.15, -0.1) is 0 Å². The van der Waals surface area contributed by atoms with Crippen molar-refractivity contribution in [3.05, 3.63) is 82.6 Å². The van der Waals surface area contributed by atoms with Gasteiger partial charge in [0, 0.05) is 5.56 Å². The average Bonchev–Trinajstić information content (AvgIpc) is 3.28. The largest absolute Gasteiger partial charge is 0.478 e. The predicted molar refractivity (Wildman–Crippen MR) is 106 cm³/mol. The normalized spacial score (nSPS) is 15.1. The van der Waals surface area contributed by atoms with Crippen molar-refractivity contribution < 1.29 is 23.9 Å². The second-order valence-corrected chi connectivity index (χ2v) is 6.58. The molecule has 29 heavy (non-hydrogen) atoms. The van der Waals surface area contributed by atoms with Crippen molar-refractivity contribution in [2.24, 2.45) is 0 Å². The molecule has 3 aromatic rings. The zero-order valence-electron chi connectivity index (χ0n) is 14.8. The number of anilines is 1. The number of para-hydroxylation sites is 1. The number of rotatable bonds is 4. The van der Waals surface area contributed by atoms with Crippen LogP contribution in [-0.2, 0) is 9.59 Å². The molecule has 1 saturated heterocycles. The Labute approximate surface area is 169 Å². The van der Waals surface area contributed by atoms with Gasteiger partial charge in [0.15, 0.2) is 0 Å². The number of benzene rings is 2. The molecule has 0 saturated carbocycles. The zero-order chi connectivity index (χ0) is 20.5. The Morgan fingerprint density at radius 2 is 1.83 bits per heavy atom. The number of hydrogen-bond donors (Lipinski definition) is 2. The fourth-order valence-electron chi connectivity index (χ4n) is 2.89. The summed E-state index contributed by atoms with van der Waals surface area (Å²) in [6, 6.07) is 16.4. The highest BCUT2D eigenvalue weighted by atomic mass is 35.5. The molecular formula is C21H13ClN2O5. The zero-order valence-corrected chi connectivity index (χ0v) is 15.5. The van der Waals surface area contributed by atoms with Crippen molar-refractivity contribution >= 4 is 41.1 Å². The summed E-state index contributed by atoms with van der Waals surface area (Å²) >= 11 is 5.99. The van der Waals surface area contributed by atoms with E-state index in [0.29, 0.717) is 22.8 Å². The molecule has 1 fully saturated rings. The lowest BCUT2D eigenvalue weighted by Crippen LogP contribution is -2.35. The van der Waals surface area contributed by atoms with Gasteiger partial charge in [0.25, 0.3) is 11.8 Å². The first-order chi connectivity index (χ1) is 13.9. The van der Waals surface area contributed by atoms with Crippen molar-refractivity contribution in [3.8, 4) is 11.3 Å². The number of halogens is 1. The Hall–Kier alpha value is -3.84. The van der Waals surface area contributed by atoms with Crippen molar-refractivity contribution in [3.63, 3.8) is 0 Å². The van der Waals surface area contributed by atoms with Gasteiger partial charge in [0.2, 0.25) is 0 Å². The standard InChI is InChI=1S/C21H13ClN2O5/c22-17-10-12(6-8-15(17)21(27)28)18-9-7-14(29-18)11-16-19(25)23-24(20(16)26)13-4-2-1-3-5-13/h1-11H,(H,23,25)(H,27,28)/b16-11-. The maximum Gasteiger partial charge on any atom is 0.337 e. The van der Waals surface area contributed by atoms with Crippen LogP contribution in [0, 0.1) is 0 Å². The van der Waals surface area contributed by atoms with E-state index in [1.807, 2.05) is 6.07 Å². The van der Waals surface area contributed by atoms with Crippen molar-refractivity contribution in [1.82, 2.24) is 5.43 Å². The van der Waals surface area contributed by atoms with Crippen molar-refractivity contribution in [2.75, 3.05) is 5.01 Å². The summed E-state index contributed by atoms with van der Waals surface area (Å²) in [5.74, 6) is -1.44. The van der Waals surface area contributed by atoms with Gasteiger partial charge in [-0.25, -0.2) is 9.80 Å². The number of hydrazine groups is 1. The highest BCUT2D eigenvalue weighted by molar-refractivity contribution is 6.34. The average molecular weight is 409 g/mol. The Morgan fingerprint density at radius 3 is 2.52 bits per heavy atom. The van der Waals surface area contributed by atoms with Crippen molar-refractivity contribution in [2.45, 2.75) is 0 Å². The molecule has 0 aliphatic carbocycles. The van der Waals surface area contributed by atoms with Gasteiger partial charge in [-0.2, -0.15) is 0 Å².